The van der Waals surface area contributed by atoms with E-state index in [0.717, 1.165) is 12.1 Å². The number of nitrogens with one attached hydrogen (secondary N) is 1. The molecule has 0 aromatic heterocycles. The predicted octanol–water partition coefficient (Wildman–Crippen LogP) is 1.93. The van der Waals surface area contributed by atoms with Gasteiger partial charge in [-0.05, 0) is 31.5 Å². The maximum atomic E-state index is 12.1. The maximum Gasteiger partial charge on any atom is 0.265 e. The highest BCUT2D eigenvalue weighted by atomic mass is 19.3. The molecule has 2 rings (SSSR count). The minimum absolute atomic E-state index is 0.0944. The Balaban J connectivity index is 2.06. The summed E-state index contributed by atoms with van der Waals surface area (Å²) in [5.74, 6) is 0.222. The third kappa shape index (κ3) is 5.01. The number of rotatable bonds is 8. The van der Waals surface area contributed by atoms with Gasteiger partial charge in [0.25, 0.3) is 5.91 Å². The Morgan fingerprint density at radius 1 is 1.46 bits per heavy atom. The number of para-hydroxylation sites is 1. The number of benzene rings is 1. The Bertz CT molecular complexity index is 690. The summed E-state index contributed by atoms with van der Waals surface area (Å²) >= 11 is 0. The molecule has 26 heavy (non-hydrogen) atoms. The second kappa shape index (κ2) is 9.28. The summed E-state index contributed by atoms with van der Waals surface area (Å²) in [5, 5.41) is 2.40. The topological polar surface area (TPSA) is 96.7 Å². The van der Waals surface area contributed by atoms with E-state index < -0.39 is 12.3 Å². The second-order valence-corrected chi connectivity index (χ2v) is 6.15. The van der Waals surface area contributed by atoms with Crippen LogP contribution in [-0.2, 0) is 4.79 Å². The number of anilines is 1. The van der Waals surface area contributed by atoms with Gasteiger partial charge in [0.15, 0.2) is 0 Å². The van der Waals surface area contributed by atoms with Crippen molar-refractivity contribution in [1.29, 1.82) is 0 Å². The van der Waals surface area contributed by atoms with Gasteiger partial charge in [-0.3, -0.25) is 9.79 Å². The average Bonchev–Trinajstić information content (AvgIpc) is 2.98. The van der Waals surface area contributed by atoms with Gasteiger partial charge >= 0.3 is 0 Å². The predicted molar refractivity (Wildman–Crippen MR) is 99.2 cm³/mol. The number of aliphatic imine (C=N–C) groups is 1. The van der Waals surface area contributed by atoms with Crippen LogP contribution >= 0.6 is 0 Å². The Kier molecular flexibility index (Phi) is 7.08. The molecular formula is C18H25F2N5O. The van der Waals surface area contributed by atoms with Gasteiger partial charge in [0.05, 0.1) is 6.20 Å². The summed E-state index contributed by atoms with van der Waals surface area (Å²) in [5.41, 5.74) is 14.2. The lowest BCUT2D eigenvalue weighted by molar-refractivity contribution is -0.114. The lowest BCUT2D eigenvalue weighted by atomic mass is 9.98. The quantitative estimate of drug-likeness (QED) is 0.613. The summed E-state index contributed by atoms with van der Waals surface area (Å²) in [6.45, 7) is 2.71. The molecular weight excluding hydrogens is 340 g/mol. The first-order chi connectivity index (χ1) is 12.4. The highest BCUT2D eigenvalue weighted by molar-refractivity contribution is 6.38. The van der Waals surface area contributed by atoms with Gasteiger partial charge in [-0.1, -0.05) is 18.2 Å². The summed E-state index contributed by atoms with van der Waals surface area (Å²) in [4.78, 5) is 17.8. The largest absolute Gasteiger partial charge is 0.384 e. The molecule has 0 aliphatic carbocycles. The van der Waals surface area contributed by atoms with Crippen molar-refractivity contribution >= 4 is 17.3 Å². The molecule has 1 aromatic carbocycles. The van der Waals surface area contributed by atoms with Crippen LogP contribution in [0.1, 0.15) is 31.2 Å². The maximum absolute atomic E-state index is 12.1. The van der Waals surface area contributed by atoms with Crippen LogP contribution in [0.2, 0.25) is 0 Å². The first-order valence-corrected chi connectivity index (χ1v) is 8.57. The highest BCUT2D eigenvalue weighted by Crippen LogP contribution is 2.38. The number of fused-ring (bicyclic) bond motifs is 1. The first kappa shape index (κ1) is 19.8. The molecule has 1 atom stereocenters. The molecule has 1 aliphatic rings. The SMILES string of the molecule is C/C(=N\C=C(\N)N1CC(CCN)c2ccccc21)C(=O)NCCC(F)F. The molecule has 0 spiro atoms. The molecule has 142 valence electrons. The zero-order valence-electron chi connectivity index (χ0n) is 14.8. The average molecular weight is 365 g/mol. The number of halogens is 2. The molecule has 6 nitrogen and oxygen atoms in total. The molecule has 1 heterocycles. The minimum atomic E-state index is -2.44. The fraction of sp³-hybridized carbons (Fsp3) is 0.444. The van der Waals surface area contributed by atoms with Crippen molar-refractivity contribution in [3.63, 3.8) is 0 Å². The molecule has 5 N–H and O–H groups in total. The van der Waals surface area contributed by atoms with Crippen molar-refractivity contribution in [2.24, 2.45) is 16.5 Å². The second-order valence-electron chi connectivity index (χ2n) is 6.15. The van der Waals surface area contributed by atoms with Crippen LogP contribution in [0, 0.1) is 0 Å². The van der Waals surface area contributed by atoms with Crippen LogP contribution in [0.5, 0.6) is 0 Å². The zero-order chi connectivity index (χ0) is 19.1. The van der Waals surface area contributed by atoms with Crippen molar-refractivity contribution in [1.82, 2.24) is 5.32 Å². The molecule has 1 aliphatic heterocycles. The zero-order valence-corrected chi connectivity index (χ0v) is 14.8. The van der Waals surface area contributed by atoms with Gasteiger partial charge in [-0.15, -0.1) is 0 Å². The van der Waals surface area contributed by atoms with Crippen LogP contribution in [0.25, 0.3) is 0 Å². The third-order valence-corrected chi connectivity index (χ3v) is 4.26. The molecule has 0 saturated carbocycles. The van der Waals surface area contributed by atoms with Gasteiger partial charge < -0.3 is 21.7 Å². The van der Waals surface area contributed by atoms with Crippen molar-refractivity contribution in [2.45, 2.75) is 32.1 Å². The van der Waals surface area contributed by atoms with E-state index in [9.17, 15) is 13.6 Å². The van der Waals surface area contributed by atoms with Crippen molar-refractivity contribution in [3.8, 4) is 0 Å². The van der Waals surface area contributed by atoms with E-state index in [2.05, 4.69) is 16.4 Å². The minimum Gasteiger partial charge on any atom is -0.384 e. The summed E-state index contributed by atoms with van der Waals surface area (Å²) in [6.07, 6.45) is -0.552. The number of carbonyl (C=O) groups excluding carboxylic acids is 1. The highest BCUT2D eigenvalue weighted by Gasteiger charge is 2.28. The monoisotopic (exact) mass is 365 g/mol. The Morgan fingerprint density at radius 2 is 2.19 bits per heavy atom. The van der Waals surface area contributed by atoms with Crippen LogP contribution < -0.4 is 21.7 Å². The van der Waals surface area contributed by atoms with Crippen molar-refractivity contribution < 1.29 is 13.6 Å². The van der Waals surface area contributed by atoms with Gasteiger partial charge in [0.1, 0.15) is 11.5 Å². The number of hydrogen-bond donors (Lipinski definition) is 3. The number of nitrogens with zero attached hydrogens (tertiary/aromatic N) is 2. The van der Waals surface area contributed by atoms with Gasteiger partial charge in [-0.2, -0.15) is 0 Å². The molecule has 1 amide bonds. The van der Waals surface area contributed by atoms with E-state index in [0.29, 0.717) is 24.8 Å². The third-order valence-electron chi connectivity index (χ3n) is 4.26. The number of carbonyl (C=O) groups is 1. The van der Waals surface area contributed by atoms with Crippen molar-refractivity contribution in [3.05, 3.63) is 41.8 Å². The van der Waals surface area contributed by atoms with E-state index in [4.69, 9.17) is 11.5 Å². The summed E-state index contributed by atoms with van der Waals surface area (Å²) < 4.78 is 24.2. The number of alkyl halides is 2. The van der Waals surface area contributed by atoms with E-state index in [-0.39, 0.29) is 18.7 Å². The van der Waals surface area contributed by atoms with Crippen LogP contribution in [0.3, 0.4) is 0 Å². The van der Waals surface area contributed by atoms with Gasteiger partial charge in [0, 0.05) is 31.1 Å². The Hall–Kier alpha value is -2.48. The first-order valence-electron chi connectivity index (χ1n) is 8.57. The molecule has 8 heteroatoms. The fourth-order valence-electron chi connectivity index (χ4n) is 2.90. The number of hydrogen-bond acceptors (Lipinski definition) is 5. The lowest BCUT2D eigenvalue weighted by Crippen LogP contribution is -2.31. The normalized spacial score (nSPS) is 17.6. The molecule has 0 saturated heterocycles. The number of amides is 1. The van der Waals surface area contributed by atoms with Gasteiger partial charge in [-0.25, -0.2) is 8.78 Å². The van der Waals surface area contributed by atoms with Crippen LogP contribution in [0.15, 0.2) is 41.3 Å². The van der Waals surface area contributed by atoms with E-state index in [1.807, 2.05) is 23.1 Å². The summed E-state index contributed by atoms with van der Waals surface area (Å²) in [7, 11) is 0. The lowest BCUT2D eigenvalue weighted by Gasteiger charge is -2.19. The molecule has 0 radical (unpaired) electrons. The Morgan fingerprint density at radius 3 is 2.88 bits per heavy atom. The van der Waals surface area contributed by atoms with Crippen molar-refractivity contribution in [2.75, 3.05) is 24.5 Å². The molecule has 0 fully saturated rings. The Labute approximate surface area is 151 Å². The van der Waals surface area contributed by atoms with Gasteiger partial charge in [0.2, 0.25) is 6.43 Å². The summed E-state index contributed by atoms with van der Waals surface area (Å²) in [6, 6.07) is 7.97. The molecule has 1 unspecified atom stereocenters. The molecule has 0 bridgehead atoms. The van der Waals surface area contributed by atoms with E-state index in [1.165, 1.54) is 18.7 Å². The molecule has 1 aromatic rings. The fourth-order valence-corrected chi connectivity index (χ4v) is 2.90. The van der Waals surface area contributed by atoms with E-state index >= 15 is 0 Å². The van der Waals surface area contributed by atoms with Crippen LogP contribution in [-0.4, -0.2) is 37.7 Å². The van der Waals surface area contributed by atoms with Crippen LogP contribution in [0.4, 0.5) is 14.5 Å². The van der Waals surface area contributed by atoms with E-state index in [1.54, 1.807) is 0 Å². The smallest absolute Gasteiger partial charge is 0.265 e. The number of nitrogens with two attached hydrogens (primary N) is 2. The standard InChI is InChI=1S/C18H25F2N5O/c1-12(18(26)23-9-7-16(19)20)24-10-17(22)25-11-13(6-8-21)14-4-2-3-5-15(14)25/h2-5,10,13,16H,6-9,11,21-22H2,1H3,(H,23,26)/b17-10-,24-12+.